The molecule has 1 atom stereocenters. The summed E-state index contributed by atoms with van der Waals surface area (Å²) in [6.07, 6.45) is 8.96. The molecule has 0 N–H and O–H groups in total. The van der Waals surface area contributed by atoms with E-state index in [1.807, 2.05) is 6.08 Å². The minimum atomic E-state index is 0.150. The Morgan fingerprint density at radius 2 is 2.07 bits per heavy atom. The summed E-state index contributed by atoms with van der Waals surface area (Å²) in [5, 5.41) is 0. The first kappa shape index (κ1) is 13.4. The number of unbranched alkanes of at least 4 members (excludes halogenated alkanes) is 3. The Hall–Kier alpha value is -0.630. The monoisotopic (exact) mass is 198 g/mol. The third-order valence-electron chi connectivity index (χ3n) is 1.83. The van der Waals surface area contributed by atoms with Crippen LogP contribution in [-0.4, -0.2) is 18.5 Å². The lowest BCUT2D eigenvalue weighted by atomic mass is 10.2. The molecule has 1 rings (SSSR count). The maximum absolute atomic E-state index is 10.4. The number of hydrogen-bond donors (Lipinski definition) is 0. The van der Waals surface area contributed by atoms with Gasteiger partial charge in [-0.1, -0.05) is 25.8 Å². The summed E-state index contributed by atoms with van der Waals surface area (Å²) >= 11 is 0. The number of allylic oxidation sites excluding steroid dienone is 2. The van der Waals surface area contributed by atoms with Crippen molar-refractivity contribution >= 4 is 5.78 Å². The molecule has 0 aliphatic carbocycles. The summed E-state index contributed by atoms with van der Waals surface area (Å²) in [7, 11) is 0. The van der Waals surface area contributed by atoms with Crippen molar-refractivity contribution in [1.29, 1.82) is 0 Å². The molecule has 1 aliphatic rings. The topological polar surface area (TPSA) is 29.6 Å². The van der Waals surface area contributed by atoms with Crippen LogP contribution in [0.1, 0.15) is 46.5 Å². The minimum absolute atomic E-state index is 0.150. The fourth-order valence-corrected chi connectivity index (χ4v) is 0.858. The molecule has 1 aliphatic heterocycles. The Morgan fingerprint density at radius 3 is 2.43 bits per heavy atom. The average molecular weight is 198 g/mol. The summed E-state index contributed by atoms with van der Waals surface area (Å²) in [5.41, 5.74) is 0. The van der Waals surface area contributed by atoms with Crippen molar-refractivity contribution in [2.24, 2.45) is 0 Å². The number of carbonyl (C=O) groups excluding carboxylic acids is 1. The van der Waals surface area contributed by atoms with Crippen molar-refractivity contribution in [1.82, 2.24) is 0 Å². The summed E-state index contributed by atoms with van der Waals surface area (Å²) in [5.74, 6) is 0.150. The molecule has 0 aromatic rings. The molecule has 0 bridgehead atoms. The van der Waals surface area contributed by atoms with Crippen molar-refractivity contribution in [3.63, 3.8) is 0 Å². The maximum Gasteiger partial charge on any atom is 0.152 e. The Balaban J connectivity index is 0.000000344. The second-order valence-corrected chi connectivity index (χ2v) is 3.65. The quantitative estimate of drug-likeness (QED) is 0.386. The fraction of sp³-hybridized carbons (Fsp3) is 0.750. The van der Waals surface area contributed by atoms with E-state index in [1.54, 1.807) is 13.0 Å². The number of epoxide rings is 1. The van der Waals surface area contributed by atoms with Crippen LogP contribution >= 0.6 is 0 Å². The van der Waals surface area contributed by atoms with Gasteiger partial charge in [0.25, 0.3) is 0 Å². The molecule has 0 spiro atoms. The first-order valence-electron chi connectivity index (χ1n) is 5.45. The Kier molecular flexibility index (Phi) is 8.54. The lowest BCUT2D eigenvalue weighted by Crippen LogP contribution is -1.79. The summed E-state index contributed by atoms with van der Waals surface area (Å²) in [6, 6.07) is 0. The third kappa shape index (κ3) is 13.9. The van der Waals surface area contributed by atoms with Crippen molar-refractivity contribution in [2.75, 3.05) is 6.61 Å². The molecule has 14 heavy (non-hydrogen) atoms. The molecular formula is C12H22O2. The van der Waals surface area contributed by atoms with E-state index in [9.17, 15) is 4.79 Å². The second-order valence-electron chi connectivity index (χ2n) is 3.65. The van der Waals surface area contributed by atoms with Gasteiger partial charge in [0.1, 0.15) is 0 Å². The average Bonchev–Trinajstić information content (AvgIpc) is 2.88. The van der Waals surface area contributed by atoms with Gasteiger partial charge in [0.2, 0.25) is 0 Å². The van der Waals surface area contributed by atoms with Crippen LogP contribution in [0, 0.1) is 0 Å². The third-order valence-corrected chi connectivity index (χ3v) is 1.83. The molecule has 2 heteroatoms. The zero-order valence-corrected chi connectivity index (χ0v) is 9.58. The predicted molar refractivity (Wildman–Crippen MR) is 59.4 cm³/mol. The normalized spacial score (nSPS) is 18.9. The van der Waals surface area contributed by atoms with Crippen LogP contribution in [0.3, 0.4) is 0 Å². The maximum atomic E-state index is 10.4. The molecule has 82 valence electrons. The number of rotatable bonds is 5. The minimum Gasteiger partial charge on any atom is -0.373 e. The summed E-state index contributed by atoms with van der Waals surface area (Å²) in [4.78, 5) is 10.4. The first-order valence-corrected chi connectivity index (χ1v) is 5.45. The number of ether oxygens (including phenoxy) is 1. The van der Waals surface area contributed by atoms with Crippen LogP contribution in [-0.2, 0) is 9.53 Å². The number of hydrogen-bond acceptors (Lipinski definition) is 2. The lowest BCUT2D eigenvalue weighted by Gasteiger charge is -1.89. The van der Waals surface area contributed by atoms with Gasteiger partial charge in [-0.3, -0.25) is 4.79 Å². The molecule has 1 heterocycles. The number of ketones is 1. The van der Waals surface area contributed by atoms with Crippen LogP contribution in [0.5, 0.6) is 0 Å². The molecule has 2 nitrogen and oxygen atoms in total. The molecule has 0 saturated carbocycles. The van der Waals surface area contributed by atoms with Crippen LogP contribution in [0.25, 0.3) is 0 Å². The van der Waals surface area contributed by atoms with E-state index in [-0.39, 0.29) is 5.78 Å². The van der Waals surface area contributed by atoms with Crippen molar-refractivity contribution < 1.29 is 9.53 Å². The van der Waals surface area contributed by atoms with Crippen LogP contribution in [0.4, 0.5) is 0 Å². The van der Waals surface area contributed by atoms with Gasteiger partial charge in [0.15, 0.2) is 5.78 Å². The molecule has 1 unspecified atom stereocenters. The van der Waals surface area contributed by atoms with Gasteiger partial charge in [-0.2, -0.15) is 0 Å². The van der Waals surface area contributed by atoms with Crippen LogP contribution < -0.4 is 0 Å². The second kappa shape index (κ2) is 8.95. The van der Waals surface area contributed by atoms with Crippen molar-refractivity contribution in [2.45, 2.75) is 52.6 Å². The Labute approximate surface area is 87.3 Å². The van der Waals surface area contributed by atoms with Gasteiger partial charge in [0, 0.05) is 0 Å². The van der Waals surface area contributed by atoms with E-state index in [1.165, 1.54) is 19.3 Å². The highest BCUT2D eigenvalue weighted by Gasteiger charge is 2.13. The predicted octanol–water partition coefficient (Wildman–Crippen LogP) is 3.12. The van der Waals surface area contributed by atoms with Crippen LogP contribution in [0.15, 0.2) is 12.2 Å². The van der Waals surface area contributed by atoms with Gasteiger partial charge >= 0.3 is 0 Å². The van der Waals surface area contributed by atoms with E-state index < -0.39 is 0 Å². The van der Waals surface area contributed by atoms with Gasteiger partial charge in [0.05, 0.1) is 12.7 Å². The zero-order chi connectivity index (χ0) is 10.8. The van der Waals surface area contributed by atoms with Gasteiger partial charge < -0.3 is 4.74 Å². The number of carbonyl (C=O) groups is 1. The SMILES string of the molecule is CC1CO1.CCCCCC=CC(C)=O. The van der Waals surface area contributed by atoms with Crippen molar-refractivity contribution in [3.05, 3.63) is 12.2 Å². The van der Waals surface area contributed by atoms with Crippen LogP contribution in [0.2, 0.25) is 0 Å². The van der Waals surface area contributed by atoms with Gasteiger partial charge in [-0.05, 0) is 32.8 Å². The molecule has 0 aromatic carbocycles. The zero-order valence-electron chi connectivity index (χ0n) is 9.58. The van der Waals surface area contributed by atoms with Gasteiger partial charge in [-0.15, -0.1) is 0 Å². The first-order chi connectivity index (χ1) is 6.66. The molecule has 1 saturated heterocycles. The molecular weight excluding hydrogens is 176 g/mol. The fourth-order valence-electron chi connectivity index (χ4n) is 0.858. The highest BCUT2D eigenvalue weighted by Crippen LogP contribution is 2.04. The molecule has 0 aromatic heterocycles. The largest absolute Gasteiger partial charge is 0.373 e. The highest BCUT2D eigenvalue weighted by atomic mass is 16.6. The Morgan fingerprint density at radius 1 is 1.50 bits per heavy atom. The van der Waals surface area contributed by atoms with E-state index in [4.69, 9.17) is 4.74 Å². The molecule has 0 radical (unpaired) electrons. The van der Waals surface area contributed by atoms with E-state index in [2.05, 4.69) is 13.8 Å². The molecule has 1 fully saturated rings. The van der Waals surface area contributed by atoms with E-state index in [0.717, 1.165) is 13.0 Å². The van der Waals surface area contributed by atoms with E-state index in [0.29, 0.717) is 6.10 Å². The van der Waals surface area contributed by atoms with Crippen molar-refractivity contribution in [3.8, 4) is 0 Å². The summed E-state index contributed by atoms with van der Waals surface area (Å²) < 4.78 is 4.71. The Bertz CT molecular complexity index is 169. The highest BCUT2D eigenvalue weighted by molar-refractivity contribution is 5.87. The summed E-state index contributed by atoms with van der Waals surface area (Å²) in [6.45, 7) is 6.80. The van der Waals surface area contributed by atoms with Gasteiger partial charge in [-0.25, -0.2) is 0 Å². The standard InChI is InChI=1S/C9H16O.C3H6O/c1-3-4-5-6-7-8-9(2)10;1-3-2-4-3/h7-8H,3-6H2,1-2H3;3H,2H2,1H3. The smallest absolute Gasteiger partial charge is 0.152 e. The lowest BCUT2D eigenvalue weighted by molar-refractivity contribution is -0.112. The van der Waals surface area contributed by atoms with E-state index >= 15 is 0 Å². The molecule has 0 amide bonds.